The van der Waals surface area contributed by atoms with Crippen LogP contribution in [0.4, 0.5) is 5.82 Å². The topological polar surface area (TPSA) is 78.3 Å². The molecule has 186 valence electrons. The first-order chi connectivity index (χ1) is 17.4. The number of rotatable bonds is 7. The first kappa shape index (κ1) is 24.3. The minimum atomic E-state index is -0.582. The molecule has 0 unspecified atom stereocenters. The van der Waals surface area contributed by atoms with E-state index in [0.717, 1.165) is 48.2 Å². The van der Waals surface area contributed by atoms with Gasteiger partial charge in [0.15, 0.2) is 11.5 Å². The van der Waals surface area contributed by atoms with Gasteiger partial charge in [-0.3, -0.25) is 4.79 Å². The Bertz CT molecular complexity index is 1390. The Labute approximate surface area is 219 Å². The molecule has 0 atom stereocenters. The summed E-state index contributed by atoms with van der Waals surface area (Å²) in [6.45, 7) is 1.90. The Kier molecular flexibility index (Phi) is 6.73. The zero-order valence-corrected chi connectivity index (χ0v) is 21.9. The average Bonchev–Trinajstić information content (AvgIpc) is 3.64. The normalized spacial score (nSPS) is 14.6. The highest BCUT2D eigenvalue weighted by atomic mass is 35.5. The Morgan fingerprint density at radius 2 is 1.78 bits per heavy atom. The van der Waals surface area contributed by atoms with E-state index < -0.39 is 5.41 Å². The van der Waals surface area contributed by atoms with Crippen molar-refractivity contribution in [3.8, 4) is 27.9 Å². The number of methoxy groups -OCH3 is 2. The smallest absolute Gasteiger partial charge is 0.236 e. The van der Waals surface area contributed by atoms with Crippen molar-refractivity contribution >= 4 is 34.7 Å². The highest BCUT2D eigenvalue weighted by Gasteiger charge is 2.43. The summed E-state index contributed by atoms with van der Waals surface area (Å²) in [5.41, 5.74) is 2.89. The number of nitrogens with one attached hydrogen (secondary N) is 1. The second kappa shape index (κ2) is 9.95. The molecule has 0 bridgehead atoms. The molecule has 36 heavy (non-hydrogen) atoms. The minimum Gasteiger partial charge on any atom is -0.493 e. The fourth-order valence-electron chi connectivity index (χ4n) is 4.85. The van der Waals surface area contributed by atoms with Crippen molar-refractivity contribution in [2.45, 2.75) is 38.0 Å². The van der Waals surface area contributed by atoms with E-state index in [2.05, 4.69) is 10.4 Å². The molecule has 1 N–H and O–H groups in total. The lowest BCUT2D eigenvalue weighted by Crippen LogP contribution is -2.38. The number of amides is 1. The van der Waals surface area contributed by atoms with Crippen LogP contribution in [0, 0.1) is 6.92 Å². The van der Waals surface area contributed by atoms with Gasteiger partial charge in [0, 0.05) is 22.0 Å². The Balaban J connectivity index is 1.44. The summed E-state index contributed by atoms with van der Waals surface area (Å²) >= 11 is 7.57. The van der Waals surface area contributed by atoms with Gasteiger partial charge in [0.25, 0.3) is 0 Å². The van der Waals surface area contributed by atoms with Crippen molar-refractivity contribution < 1.29 is 14.3 Å². The van der Waals surface area contributed by atoms with E-state index in [1.54, 1.807) is 18.9 Å². The molecule has 9 heteroatoms. The number of ether oxygens (including phenoxy) is 2. The lowest BCUT2D eigenvalue weighted by Gasteiger charge is -2.28. The Morgan fingerprint density at radius 1 is 1.06 bits per heavy atom. The van der Waals surface area contributed by atoms with Gasteiger partial charge in [0.05, 0.1) is 31.0 Å². The molecule has 0 spiro atoms. The number of nitrogens with zero attached hydrogens (tertiary/aromatic N) is 3. The number of benzene rings is 2. The van der Waals surface area contributed by atoms with E-state index in [1.807, 2.05) is 60.8 Å². The molecule has 4 aromatic rings. The van der Waals surface area contributed by atoms with Crippen molar-refractivity contribution in [2.75, 3.05) is 19.5 Å². The standard InChI is InChI=1S/C27H27ClN4O3S/c1-17-14-24(30-25(33)27(12-4-5-13-27)19-7-9-20(28)10-8-19)32(31-17)26-29-21(16-36-26)18-6-11-22(34-2)23(15-18)35-3/h6-11,14-16H,4-5,12-13H2,1-3H3,(H,30,33). The molecule has 0 radical (unpaired) electrons. The molecule has 0 saturated heterocycles. The molecular weight excluding hydrogens is 496 g/mol. The van der Waals surface area contributed by atoms with E-state index in [-0.39, 0.29) is 5.91 Å². The maximum Gasteiger partial charge on any atom is 0.236 e. The first-order valence-electron chi connectivity index (χ1n) is 11.8. The van der Waals surface area contributed by atoms with Crippen LogP contribution < -0.4 is 14.8 Å². The Morgan fingerprint density at radius 3 is 2.47 bits per heavy atom. The van der Waals surface area contributed by atoms with Crippen molar-refractivity contribution in [3.05, 3.63) is 70.2 Å². The van der Waals surface area contributed by atoms with Gasteiger partial charge in [-0.05, 0) is 55.7 Å². The summed E-state index contributed by atoms with van der Waals surface area (Å²) in [6.07, 6.45) is 3.62. The van der Waals surface area contributed by atoms with Crippen LogP contribution in [0.15, 0.2) is 53.9 Å². The van der Waals surface area contributed by atoms with Gasteiger partial charge in [-0.1, -0.05) is 36.6 Å². The number of aryl methyl sites for hydroxylation is 1. The van der Waals surface area contributed by atoms with Gasteiger partial charge in [-0.15, -0.1) is 11.3 Å². The summed E-state index contributed by atoms with van der Waals surface area (Å²) in [4.78, 5) is 18.5. The molecular formula is C27H27ClN4O3S. The van der Waals surface area contributed by atoms with Crippen LogP contribution in [0.1, 0.15) is 36.9 Å². The van der Waals surface area contributed by atoms with Gasteiger partial charge >= 0.3 is 0 Å². The van der Waals surface area contributed by atoms with Crippen LogP contribution in [0.2, 0.25) is 5.02 Å². The molecule has 1 aliphatic rings. The fraction of sp³-hybridized carbons (Fsp3) is 0.296. The minimum absolute atomic E-state index is 0.0276. The van der Waals surface area contributed by atoms with Crippen LogP contribution >= 0.6 is 22.9 Å². The lowest BCUT2D eigenvalue weighted by molar-refractivity contribution is -0.121. The molecule has 1 saturated carbocycles. The number of aromatic nitrogens is 3. The first-order valence-corrected chi connectivity index (χ1v) is 13.0. The third kappa shape index (κ3) is 4.47. The Hall–Kier alpha value is -3.36. The van der Waals surface area contributed by atoms with E-state index in [4.69, 9.17) is 26.1 Å². The van der Waals surface area contributed by atoms with Gasteiger partial charge in [0.1, 0.15) is 5.82 Å². The molecule has 0 aliphatic heterocycles. The van der Waals surface area contributed by atoms with Crippen molar-refractivity contribution in [1.82, 2.24) is 14.8 Å². The second-order valence-corrected chi connectivity index (χ2v) is 10.2. The van der Waals surface area contributed by atoms with Crippen LogP contribution in [-0.2, 0) is 10.2 Å². The van der Waals surface area contributed by atoms with Crippen molar-refractivity contribution in [3.63, 3.8) is 0 Å². The molecule has 1 fully saturated rings. The van der Waals surface area contributed by atoms with Crippen LogP contribution in [-0.4, -0.2) is 34.9 Å². The van der Waals surface area contributed by atoms with Crippen LogP contribution in [0.5, 0.6) is 11.5 Å². The molecule has 2 aromatic carbocycles. The highest BCUT2D eigenvalue weighted by Crippen LogP contribution is 2.42. The molecule has 2 heterocycles. The second-order valence-electron chi connectivity index (χ2n) is 8.92. The third-order valence-electron chi connectivity index (χ3n) is 6.71. The molecule has 1 aliphatic carbocycles. The van der Waals surface area contributed by atoms with E-state index in [0.29, 0.717) is 27.5 Å². The van der Waals surface area contributed by atoms with Crippen LogP contribution in [0.25, 0.3) is 16.4 Å². The van der Waals surface area contributed by atoms with Crippen molar-refractivity contribution in [2.24, 2.45) is 0 Å². The van der Waals surface area contributed by atoms with Crippen molar-refractivity contribution in [1.29, 1.82) is 0 Å². The zero-order chi connectivity index (χ0) is 25.3. The summed E-state index contributed by atoms with van der Waals surface area (Å²) in [6, 6.07) is 15.2. The zero-order valence-electron chi connectivity index (χ0n) is 20.4. The maximum absolute atomic E-state index is 13.7. The fourth-order valence-corrected chi connectivity index (χ4v) is 5.78. The predicted molar refractivity (Wildman–Crippen MR) is 143 cm³/mol. The van der Waals surface area contributed by atoms with Crippen LogP contribution in [0.3, 0.4) is 0 Å². The SMILES string of the molecule is COc1ccc(-c2csc(-n3nc(C)cc3NC(=O)C3(c4ccc(Cl)cc4)CCCC3)n2)cc1OC. The number of anilines is 1. The average molecular weight is 523 g/mol. The molecule has 2 aromatic heterocycles. The van der Waals surface area contributed by atoms with E-state index in [1.165, 1.54) is 11.3 Å². The van der Waals surface area contributed by atoms with Gasteiger partial charge in [0.2, 0.25) is 11.0 Å². The van der Waals surface area contributed by atoms with Gasteiger partial charge in [-0.2, -0.15) is 9.78 Å². The number of carbonyl (C=O) groups is 1. The summed E-state index contributed by atoms with van der Waals surface area (Å²) < 4.78 is 12.5. The third-order valence-corrected chi connectivity index (χ3v) is 7.78. The molecule has 7 nitrogen and oxygen atoms in total. The maximum atomic E-state index is 13.7. The predicted octanol–water partition coefficient (Wildman–Crippen LogP) is 6.43. The number of halogens is 1. The van der Waals surface area contributed by atoms with E-state index >= 15 is 0 Å². The number of thiazole rings is 1. The summed E-state index contributed by atoms with van der Waals surface area (Å²) in [7, 11) is 3.22. The monoisotopic (exact) mass is 522 g/mol. The summed E-state index contributed by atoms with van der Waals surface area (Å²) in [5.74, 6) is 1.87. The van der Waals surface area contributed by atoms with Gasteiger partial charge < -0.3 is 14.8 Å². The number of carbonyl (C=O) groups excluding carboxylic acids is 1. The number of hydrogen-bond acceptors (Lipinski definition) is 6. The summed E-state index contributed by atoms with van der Waals surface area (Å²) in [5, 5.41) is 11.1. The number of hydrogen-bond donors (Lipinski definition) is 1. The quantitative estimate of drug-likeness (QED) is 0.303. The van der Waals surface area contributed by atoms with E-state index in [9.17, 15) is 4.79 Å². The molecule has 5 rings (SSSR count). The molecule has 1 amide bonds. The van der Waals surface area contributed by atoms with Gasteiger partial charge in [-0.25, -0.2) is 4.98 Å². The largest absolute Gasteiger partial charge is 0.493 e. The lowest BCUT2D eigenvalue weighted by atomic mass is 9.78. The highest BCUT2D eigenvalue weighted by molar-refractivity contribution is 7.12.